The Morgan fingerprint density at radius 3 is 1.75 bits per heavy atom. The van der Waals surface area contributed by atoms with Crippen molar-refractivity contribution in [2.75, 3.05) is 0 Å². The standard InChI is InChI=1S/C68H73N3O/c1-42(2)44-24-26-45(27-25-44)48-32-33-69-59(38-48)50-35-49(36-52(37-50)66(7,8)9)54-22-19-23-60-62(54)70-64(57-39-53(67(10,11)12)40-58(63(57)72)68(13,14)15)71(60)61-34-43(3)55(41-56(61)46-20-17-16-18-21-46)47-28-30-51(31-29-47)65(4,5)6/h16-42,72H,1-15H3/i3D3,42D. The summed E-state index contributed by atoms with van der Waals surface area (Å²) in [6, 6.07) is 51.8. The summed E-state index contributed by atoms with van der Waals surface area (Å²) in [5.74, 6) is -0.0758. The summed E-state index contributed by atoms with van der Waals surface area (Å²) < 4.78 is 38.2. The lowest BCUT2D eigenvalue weighted by atomic mass is 9.79. The van der Waals surface area contributed by atoms with E-state index in [-0.39, 0.29) is 27.6 Å². The lowest BCUT2D eigenvalue weighted by Gasteiger charge is -2.28. The van der Waals surface area contributed by atoms with Crippen molar-refractivity contribution in [2.45, 2.75) is 131 Å². The molecule has 4 nitrogen and oxygen atoms in total. The van der Waals surface area contributed by atoms with Crippen molar-refractivity contribution in [3.63, 3.8) is 0 Å². The van der Waals surface area contributed by atoms with E-state index in [9.17, 15) is 5.11 Å². The molecule has 0 fully saturated rings. The van der Waals surface area contributed by atoms with E-state index in [1.165, 1.54) is 0 Å². The van der Waals surface area contributed by atoms with E-state index in [2.05, 4.69) is 173 Å². The first kappa shape index (κ1) is 44.9. The molecule has 72 heavy (non-hydrogen) atoms. The van der Waals surface area contributed by atoms with Gasteiger partial charge in [-0.05, 0) is 144 Å². The number of rotatable bonds is 8. The minimum Gasteiger partial charge on any atom is -0.507 e. The first-order valence-corrected chi connectivity index (χ1v) is 25.4. The van der Waals surface area contributed by atoms with Crippen LogP contribution in [0.1, 0.15) is 142 Å². The number of benzene rings is 7. The fourth-order valence-corrected chi connectivity index (χ4v) is 9.71. The van der Waals surface area contributed by atoms with E-state index in [0.717, 1.165) is 83.5 Å². The average molecular weight is 952 g/mol. The maximum atomic E-state index is 12.8. The molecule has 1 N–H and O–H groups in total. The zero-order chi connectivity index (χ0) is 55.1. The van der Waals surface area contributed by atoms with Crippen LogP contribution in [0.25, 0.3) is 83.9 Å². The third kappa shape index (κ3) is 9.81. The molecule has 7 aromatic carbocycles. The molecule has 0 radical (unpaired) electrons. The maximum Gasteiger partial charge on any atom is 0.149 e. The minimum absolute atomic E-state index is 0.0863. The van der Waals surface area contributed by atoms with Crippen molar-refractivity contribution in [1.82, 2.24) is 14.5 Å². The molecule has 0 amide bonds. The van der Waals surface area contributed by atoms with Crippen LogP contribution in [0, 0.1) is 6.85 Å². The molecule has 2 heterocycles. The Kier molecular flexibility index (Phi) is 11.5. The summed E-state index contributed by atoms with van der Waals surface area (Å²) in [5.41, 5.74) is 15.7. The number of aryl methyl sites for hydroxylation is 1. The topological polar surface area (TPSA) is 50.9 Å². The van der Waals surface area contributed by atoms with E-state index in [0.29, 0.717) is 28.2 Å². The molecule has 0 aliphatic carbocycles. The van der Waals surface area contributed by atoms with Crippen LogP contribution in [0.5, 0.6) is 5.75 Å². The monoisotopic (exact) mass is 952 g/mol. The van der Waals surface area contributed by atoms with Crippen LogP contribution in [0.15, 0.2) is 158 Å². The van der Waals surface area contributed by atoms with Gasteiger partial charge in [-0.1, -0.05) is 200 Å². The number of aromatic hydroxyl groups is 1. The van der Waals surface area contributed by atoms with Crippen LogP contribution < -0.4 is 0 Å². The number of hydrogen-bond donors (Lipinski definition) is 1. The van der Waals surface area contributed by atoms with Crippen LogP contribution in [-0.2, 0) is 21.7 Å². The lowest BCUT2D eigenvalue weighted by molar-refractivity contribution is 0.446. The van der Waals surface area contributed by atoms with Gasteiger partial charge in [-0.3, -0.25) is 9.55 Å². The SMILES string of the molecule is [2H]C([2H])([2H])c1cc(-n2c(-c3cc(C(C)(C)C)cc(C(C)(C)C)c3O)nc3c(-c4cc(-c5cc(-c6ccc(C([2H])(C)C)cc6)ccn5)cc(C(C)(C)C)c4)cccc32)c(-c2ccccc2)cc1-c1ccc(C(C)(C)C)cc1. The summed E-state index contributed by atoms with van der Waals surface area (Å²) in [5, 5.41) is 12.8. The Morgan fingerprint density at radius 1 is 0.500 bits per heavy atom. The summed E-state index contributed by atoms with van der Waals surface area (Å²) in [6.07, 6.45) is 1.86. The van der Waals surface area contributed by atoms with Gasteiger partial charge < -0.3 is 5.11 Å². The van der Waals surface area contributed by atoms with E-state index in [1.807, 2.05) is 86.8 Å². The normalized spacial score (nSPS) is 13.7. The quantitative estimate of drug-likeness (QED) is 0.165. The third-order valence-corrected chi connectivity index (χ3v) is 14.2. The second-order valence-corrected chi connectivity index (χ2v) is 24.0. The summed E-state index contributed by atoms with van der Waals surface area (Å²) >= 11 is 0. The van der Waals surface area contributed by atoms with Crippen LogP contribution in [-0.4, -0.2) is 19.6 Å². The number of hydrogen-bond acceptors (Lipinski definition) is 3. The molecule has 2 aromatic heterocycles. The van der Waals surface area contributed by atoms with Gasteiger partial charge in [0.05, 0.1) is 28.0 Å². The van der Waals surface area contributed by atoms with Crippen molar-refractivity contribution >= 4 is 11.0 Å². The molecule has 0 unspecified atom stereocenters. The van der Waals surface area contributed by atoms with Crippen molar-refractivity contribution in [3.8, 4) is 78.6 Å². The second kappa shape index (κ2) is 18.5. The highest BCUT2D eigenvalue weighted by molar-refractivity contribution is 5.98. The van der Waals surface area contributed by atoms with Crippen LogP contribution in [0.2, 0.25) is 0 Å². The molecule has 9 aromatic rings. The Labute approximate surface area is 435 Å². The number of aromatic nitrogens is 3. The molecule has 0 aliphatic heterocycles. The summed E-state index contributed by atoms with van der Waals surface area (Å²) in [4.78, 5) is 10.7. The van der Waals surface area contributed by atoms with Crippen LogP contribution >= 0.6 is 0 Å². The van der Waals surface area contributed by atoms with Gasteiger partial charge in [0.25, 0.3) is 0 Å². The van der Waals surface area contributed by atoms with Gasteiger partial charge in [0.15, 0.2) is 0 Å². The number of fused-ring (bicyclic) bond motifs is 1. The molecular weight excluding hydrogens is 875 g/mol. The molecule has 366 valence electrons. The number of pyridine rings is 1. The van der Waals surface area contributed by atoms with E-state index in [1.54, 1.807) is 0 Å². The Bertz CT molecular complexity index is 3630. The highest BCUT2D eigenvalue weighted by Gasteiger charge is 2.30. The lowest BCUT2D eigenvalue weighted by Crippen LogP contribution is -2.17. The van der Waals surface area contributed by atoms with Crippen molar-refractivity contribution in [1.29, 1.82) is 0 Å². The fraction of sp³-hybridized carbons (Fsp3) is 0.294. The van der Waals surface area contributed by atoms with E-state index in [4.69, 9.17) is 15.5 Å². The zero-order valence-electron chi connectivity index (χ0n) is 48.8. The third-order valence-electron chi connectivity index (χ3n) is 14.2. The van der Waals surface area contributed by atoms with Crippen molar-refractivity contribution in [2.24, 2.45) is 0 Å². The molecule has 0 bridgehead atoms. The van der Waals surface area contributed by atoms with Gasteiger partial charge in [0.1, 0.15) is 11.6 Å². The number of phenolic OH excluding ortho intramolecular Hbond substituents is 1. The Hall–Kier alpha value is -7.04. The van der Waals surface area contributed by atoms with Gasteiger partial charge >= 0.3 is 0 Å². The average Bonchev–Trinajstić information content (AvgIpc) is 3.74. The Morgan fingerprint density at radius 2 is 1.12 bits per heavy atom. The molecule has 0 aliphatic rings. The molecule has 0 saturated heterocycles. The zero-order valence-corrected chi connectivity index (χ0v) is 44.8. The van der Waals surface area contributed by atoms with Gasteiger partial charge in [0, 0.05) is 33.9 Å². The predicted octanol–water partition coefficient (Wildman–Crippen LogP) is 18.7. The molecule has 4 heteroatoms. The second-order valence-electron chi connectivity index (χ2n) is 24.0. The highest BCUT2D eigenvalue weighted by Crippen LogP contribution is 2.47. The summed E-state index contributed by atoms with van der Waals surface area (Å²) in [7, 11) is 0. The van der Waals surface area contributed by atoms with Crippen LogP contribution in [0.4, 0.5) is 0 Å². The largest absolute Gasteiger partial charge is 0.507 e. The van der Waals surface area contributed by atoms with E-state index >= 15 is 0 Å². The van der Waals surface area contributed by atoms with Gasteiger partial charge in [-0.25, -0.2) is 4.98 Å². The number of nitrogens with zero attached hydrogens (tertiary/aromatic N) is 3. The van der Waals surface area contributed by atoms with Crippen molar-refractivity contribution in [3.05, 3.63) is 191 Å². The molecule has 9 rings (SSSR count). The molecule has 0 saturated carbocycles. The molecule has 0 spiro atoms. The minimum atomic E-state index is -2.51. The molecule has 0 atom stereocenters. The van der Waals surface area contributed by atoms with Gasteiger partial charge in [0.2, 0.25) is 0 Å². The van der Waals surface area contributed by atoms with Crippen LogP contribution in [0.3, 0.4) is 0 Å². The molecular formula is C68H73N3O. The first-order chi connectivity index (χ1) is 35.4. The smallest absolute Gasteiger partial charge is 0.149 e. The number of phenols is 1. The van der Waals surface area contributed by atoms with E-state index < -0.39 is 18.2 Å². The fourth-order valence-electron chi connectivity index (χ4n) is 9.71. The number of para-hydroxylation sites is 1. The predicted molar refractivity (Wildman–Crippen MR) is 307 cm³/mol. The highest BCUT2D eigenvalue weighted by atomic mass is 16.3. The van der Waals surface area contributed by atoms with Gasteiger partial charge in [-0.15, -0.1) is 0 Å². The Balaban J connectivity index is 1.37. The maximum absolute atomic E-state index is 12.8. The van der Waals surface area contributed by atoms with Crippen molar-refractivity contribution < 1.29 is 10.6 Å². The first-order valence-electron chi connectivity index (χ1n) is 27.4. The number of imidazole rings is 1. The van der Waals surface area contributed by atoms with Gasteiger partial charge in [-0.2, -0.15) is 0 Å². The summed E-state index contributed by atoms with van der Waals surface area (Å²) in [6.45, 7) is 27.4.